The quantitative estimate of drug-likeness (QED) is 0.497. The summed E-state index contributed by atoms with van der Waals surface area (Å²) in [5.74, 6) is -1.27. The van der Waals surface area contributed by atoms with Crippen molar-refractivity contribution >= 4 is 11.8 Å². The van der Waals surface area contributed by atoms with Gasteiger partial charge in [-0.3, -0.25) is 14.9 Å². The van der Waals surface area contributed by atoms with Gasteiger partial charge in [0.15, 0.2) is 0 Å². The van der Waals surface area contributed by atoms with Gasteiger partial charge in [-0.1, -0.05) is 6.58 Å². The third-order valence-corrected chi connectivity index (χ3v) is 0.784. The first-order chi connectivity index (χ1) is 4.57. The molecule has 0 fully saturated rings. The first-order valence-electron chi connectivity index (χ1n) is 2.68. The average Bonchev–Trinajstić information content (AvgIpc) is 1.87. The minimum absolute atomic E-state index is 0.238. The second-order valence-corrected chi connectivity index (χ2v) is 1.82. The van der Waals surface area contributed by atoms with E-state index in [4.69, 9.17) is 5.11 Å². The highest BCUT2D eigenvalue weighted by molar-refractivity contribution is 6.03. The van der Waals surface area contributed by atoms with Crippen molar-refractivity contribution < 1.29 is 14.7 Å². The lowest BCUT2D eigenvalue weighted by Gasteiger charge is -1.98. The molecule has 2 N–H and O–H groups in total. The molecule has 0 atom stereocenters. The normalized spacial score (nSPS) is 8.60. The summed E-state index contributed by atoms with van der Waals surface area (Å²) in [6, 6.07) is 0. The summed E-state index contributed by atoms with van der Waals surface area (Å²) in [7, 11) is 0. The Labute approximate surface area is 58.5 Å². The lowest BCUT2D eigenvalue weighted by Crippen LogP contribution is -2.32. The standard InChI is InChI=1S/C6H9NO3/c1-4(2)6(10)7-5(9)3-8/h8H,1,3H2,2H3,(H,7,9,10). The fraction of sp³-hybridized carbons (Fsp3) is 0.333. The van der Waals surface area contributed by atoms with E-state index in [0.29, 0.717) is 0 Å². The number of hydrogen-bond donors (Lipinski definition) is 2. The number of aliphatic hydroxyl groups is 1. The van der Waals surface area contributed by atoms with Gasteiger partial charge in [-0.2, -0.15) is 0 Å². The predicted molar refractivity (Wildman–Crippen MR) is 35.0 cm³/mol. The number of amides is 2. The molecule has 0 aromatic heterocycles. The van der Waals surface area contributed by atoms with Gasteiger partial charge < -0.3 is 5.11 Å². The number of hydrogen-bond acceptors (Lipinski definition) is 3. The molecule has 0 heterocycles. The molecule has 0 saturated carbocycles. The highest BCUT2D eigenvalue weighted by atomic mass is 16.3. The summed E-state index contributed by atoms with van der Waals surface area (Å²) in [5.41, 5.74) is 0.238. The summed E-state index contributed by atoms with van der Waals surface area (Å²) in [5, 5.41) is 10.1. The van der Waals surface area contributed by atoms with E-state index in [9.17, 15) is 9.59 Å². The second kappa shape index (κ2) is 3.79. The van der Waals surface area contributed by atoms with Gasteiger partial charge in [0.2, 0.25) is 0 Å². The average molecular weight is 143 g/mol. The van der Waals surface area contributed by atoms with E-state index in [2.05, 4.69) is 6.58 Å². The van der Waals surface area contributed by atoms with Crippen molar-refractivity contribution in [1.29, 1.82) is 0 Å². The molecule has 0 radical (unpaired) electrons. The predicted octanol–water partition coefficient (Wildman–Crippen LogP) is -0.802. The molecule has 0 aromatic carbocycles. The van der Waals surface area contributed by atoms with Crippen LogP contribution in [-0.4, -0.2) is 23.5 Å². The van der Waals surface area contributed by atoms with Gasteiger partial charge in [0.1, 0.15) is 6.61 Å². The van der Waals surface area contributed by atoms with Crippen LogP contribution < -0.4 is 5.32 Å². The maximum Gasteiger partial charge on any atom is 0.252 e. The lowest BCUT2D eigenvalue weighted by molar-refractivity contribution is -0.130. The third kappa shape index (κ3) is 2.99. The molecule has 2 amide bonds. The molecule has 0 unspecified atom stereocenters. The summed E-state index contributed by atoms with van der Waals surface area (Å²) >= 11 is 0. The molecule has 0 bridgehead atoms. The van der Waals surface area contributed by atoms with Crippen molar-refractivity contribution in [1.82, 2.24) is 5.32 Å². The monoisotopic (exact) mass is 143 g/mol. The van der Waals surface area contributed by atoms with E-state index < -0.39 is 18.4 Å². The SMILES string of the molecule is C=C(C)C(=O)NC(=O)CO. The van der Waals surface area contributed by atoms with E-state index in [1.54, 1.807) is 0 Å². The summed E-state index contributed by atoms with van der Waals surface area (Å²) in [4.78, 5) is 20.9. The molecule has 56 valence electrons. The number of imide groups is 1. The van der Waals surface area contributed by atoms with Crippen molar-refractivity contribution in [2.75, 3.05) is 6.61 Å². The zero-order chi connectivity index (χ0) is 8.15. The fourth-order valence-corrected chi connectivity index (χ4v) is 0.273. The Morgan fingerprint density at radius 3 is 2.40 bits per heavy atom. The third-order valence-electron chi connectivity index (χ3n) is 0.784. The molecular weight excluding hydrogens is 134 g/mol. The van der Waals surface area contributed by atoms with E-state index in [-0.39, 0.29) is 5.57 Å². The largest absolute Gasteiger partial charge is 0.387 e. The van der Waals surface area contributed by atoms with Crippen molar-refractivity contribution in [2.45, 2.75) is 6.92 Å². The summed E-state index contributed by atoms with van der Waals surface area (Å²) in [6.07, 6.45) is 0. The van der Waals surface area contributed by atoms with Crippen LogP contribution >= 0.6 is 0 Å². The zero-order valence-electron chi connectivity index (χ0n) is 5.68. The molecule has 0 aliphatic rings. The minimum atomic E-state index is -0.715. The Hall–Kier alpha value is -1.16. The Balaban J connectivity index is 3.80. The van der Waals surface area contributed by atoms with Gasteiger partial charge in [0.25, 0.3) is 11.8 Å². The van der Waals surface area contributed by atoms with Gasteiger partial charge in [0, 0.05) is 5.57 Å². The van der Waals surface area contributed by atoms with Crippen LogP contribution in [0, 0.1) is 0 Å². The van der Waals surface area contributed by atoms with Crippen LogP contribution in [0.3, 0.4) is 0 Å². The maximum atomic E-state index is 10.6. The Bertz CT molecular complexity index is 174. The van der Waals surface area contributed by atoms with Crippen LogP contribution in [0.2, 0.25) is 0 Å². The highest BCUT2D eigenvalue weighted by Crippen LogP contribution is 1.83. The van der Waals surface area contributed by atoms with Crippen LogP contribution in [0.4, 0.5) is 0 Å². The van der Waals surface area contributed by atoms with Crippen LogP contribution in [0.25, 0.3) is 0 Å². The molecule has 10 heavy (non-hydrogen) atoms. The van der Waals surface area contributed by atoms with Crippen molar-refractivity contribution in [3.8, 4) is 0 Å². The van der Waals surface area contributed by atoms with Gasteiger partial charge in [-0.25, -0.2) is 0 Å². The van der Waals surface area contributed by atoms with Crippen LogP contribution in [-0.2, 0) is 9.59 Å². The molecule has 4 nitrogen and oxygen atoms in total. The van der Waals surface area contributed by atoms with Crippen molar-refractivity contribution in [2.24, 2.45) is 0 Å². The van der Waals surface area contributed by atoms with E-state index in [1.165, 1.54) is 6.92 Å². The van der Waals surface area contributed by atoms with Gasteiger partial charge in [-0.05, 0) is 6.92 Å². The van der Waals surface area contributed by atoms with E-state index in [0.717, 1.165) is 0 Å². The number of nitrogens with one attached hydrogen (secondary N) is 1. The lowest BCUT2D eigenvalue weighted by atomic mass is 10.3. The van der Waals surface area contributed by atoms with Crippen molar-refractivity contribution in [3.63, 3.8) is 0 Å². The number of rotatable bonds is 2. The molecule has 0 aliphatic heterocycles. The Morgan fingerprint density at radius 1 is 1.60 bits per heavy atom. The zero-order valence-corrected chi connectivity index (χ0v) is 5.68. The topological polar surface area (TPSA) is 66.4 Å². The number of aliphatic hydroxyl groups excluding tert-OH is 1. The number of carbonyl (C=O) groups is 2. The van der Waals surface area contributed by atoms with Crippen LogP contribution in [0.5, 0.6) is 0 Å². The summed E-state index contributed by atoms with van der Waals surface area (Å²) in [6.45, 7) is 4.09. The molecule has 0 aliphatic carbocycles. The summed E-state index contributed by atoms with van der Waals surface area (Å²) < 4.78 is 0. The van der Waals surface area contributed by atoms with Gasteiger partial charge in [0.05, 0.1) is 0 Å². The molecule has 4 heteroatoms. The molecule has 0 aromatic rings. The minimum Gasteiger partial charge on any atom is -0.387 e. The molecular formula is C6H9NO3. The fourth-order valence-electron chi connectivity index (χ4n) is 0.273. The van der Waals surface area contributed by atoms with Crippen LogP contribution in [0.15, 0.2) is 12.2 Å². The number of carbonyl (C=O) groups excluding carboxylic acids is 2. The van der Waals surface area contributed by atoms with Crippen LogP contribution in [0.1, 0.15) is 6.92 Å². The Morgan fingerprint density at radius 2 is 2.10 bits per heavy atom. The first kappa shape index (κ1) is 8.84. The van der Waals surface area contributed by atoms with Gasteiger partial charge >= 0.3 is 0 Å². The molecule has 0 spiro atoms. The van der Waals surface area contributed by atoms with E-state index in [1.807, 2.05) is 5.32 Å². The highest BCUT2D eigenvalue weighted by Gasteiger charge is 2.05. The van der Waals surface area contributed by atoms with E-state index >= 15 is 0 Å². The first-order valence-corrected chi connectivity index (χ1v) is 2.68. The maximum absolute atomic E-state index is 10.6. The smallest absolute Gasteiger partial charge is 0.252 e. The molecule has 0 saturated heterocycles. The van der Waals surface area contributed by atoms with Crippen molar-refractivity contribution in [3.05, 3.63) is 12.2 Å². The Kier molecular flexibility index (Phi) is 3.35. The second-order valence-electron chi connectivity index (χ2n) is 1.82. The van der Waals surface area contributed by atoms with Gasteiger partial charge in [-0.15, -0.1) is 0 Å². The molecule has 0 rings (SSSR count).